The van der Waals surface area contributed by atoms with Crippen LogP contribution in [0, 0.1) is 12.7 Å². The van der Waals surface area contributed by atoms with E-state index in [0.29, 0.717) is 48.2 Å². The number of carbonyl (C=O) groups excluding carboxylic acids is 2. The molecule has 1 amide bonds. The predicted molar refractivity (Wildman–Crippen MR) is 155 cm³/mol. The highest BCUT2D eigenvalue weighted by Crippen LogP contribution is 2.47. The van der Waals surface area contributed by atoms with Gasteiger partial charge >= 0.3 is 5.97 Å². The number of ether oxygens (including phenoxy) is 1. The van der Waals surface area contributed by atoms with Crippen molar-refractivity contribution in [3.8, 4) is 11.4 Å². The van der Waals surface area contributed by atoms with Gasteiger partial charge in [-0.3, -0.25) is 9.59 Å². The van der Waals surface area contributed by atoms with Crippen LogP contribution in [-0.4, -0.2) is 43.2 Å². The molecule has 3 aliphatic rings. The van der Waals surface area contributed by atoms with Gasteiger partial charge in [-0.2, -0.15) is 12.6 Å². The Labute approximate surface area is 242 Å². The zero-order chi connectivity index (χ0) is 29.6. The minimum atomic E-state index is -1.94. The average Bonchev–Trinajstić information content (AvgIpc) is 3.30. The number of halogens is 1. The SMILES string of the molecule is CC[C@@]1(O)C(=O)OCc2c1cc1n(c2=O)Cc2c-1nc1cc(F)c(C)c3c1c2[C@@H](N(C)C(=O)CCC(C)(C)S)CC3. The lowest BCUT2D eigenvalue weighted by Crippen LogP contribution is -2.44. The molecule has 0 spiro atoms. The smallest absolute Gasteiger partial charge is 0.343 e. The van der Waals surface area contributed by atoms with Gasteiger partial charge in [0.2, 0.25) is 5.91 Å². The van der Waals surface area contributed by atoms with Crippen molar-refractivity contribution in [2.24, 2.45) is 0 Å². The van der Waals surface area contributed by atoms with E-state index < -0.39 is 11.6 Å². The lowest BCUT2D eigenvalue weighted by molar-refractivity contribution is -0.172. The van der Waals surface area contributed by atoms with Crippen molar-refractivity contribution in [1.82, 2.24) is 14.5 Å². The minimum Gasteiger partial charge on any atom is -0.458 e. The van der Waals surface area contributed by atoms with Crippen LogP contribution in [-0.2, 0) is 39.5 Å². The summed E-state index contributed by atoms with van der Waals surface area (Å²) in [5, 5.41) is 12.1. The quantitative estimate of drug-likeness (QED) is 0.268. The molecule has 4 heterocycles. The molecular formula is C31H34FN3O5S. The van der Waals surface area contributed by atoms with Crippen LogP contribution in [0.15, 0.2) is 16.9 Å². The second-order valence-corrected chi connectivity index (χ2v) is 13.4. The third-order valence-corrected chi connectivity index (χ3v) is 9.38. The van der Waals surface area contributed by atoms with Gasteiger partial charge in [0.15, 0.2) is 5.60 Å². The fourth-order valence-electron chi connectivity index (χ4n) is 6.68. The number of benzene rings is 1. The molecule has 6 rings (SSSR count). The highest BCUT2D eigenvalue weighted by atomic mass is 32.1. The Morgan fingerprint density at radius 1 is 1.29 bits per heavy atom. The molecule has 0 saturated heterocycles. The number of thiol groups is 1. The van der Waals surface area contributed by atoms with Crippen molar-refractivity contribution >= 4 is 35.4 Å². The molecule has 1 N–H and O–H groups in total. The fraction of sp³-hybridized carbons (Fsp3) is 0.484. The third-order valence-electron chi connectivity index (χ3n) is 9.16. The van der Waals surface area contributed by atoms with Gasteiger partial charge in [-0.05, 0) is 55.4 Å². The van der Waals surface area contributed by atoms with E-state index in [1.807, 2.05) is 13.8 Å². The number of cyclic esters (lactones) is 1. The summed E-state index contributed by atoms with van der Waals surface area (Å²) >= 11 is 4.58. The number of aliphatic hydroxyl groups is 1. The summed E-state index contributed by atoms with van der Waals surface area (Å²) in [6, 6.07) is 2.79. The Balaban J connectivity index is 1.58. The van der Waals surface area contributed by atoms with Crippen LogP contribution in [0.3, 0.4) is 0 Å². The standard InChI is InChI=1S/C31H34FN3O5S/c1-6-31(39)19-11-23-27-17(13-35(23)28(37)18(19)14-40-29(31)38)26-22(34(5)24(36)9-10-30(3,4)41)8-7-16-15(2)20(32)12-21(33-27)25(16)26/h11-12,22,39,41H,6-10,13-14H2,1-5H3/t22-,31-/m0/s1. The van der Waals surface area contributed by atoms with Crippen LogP contribution in [0.2, 0.25) is 0 Å². The molecule has 0 radical (unpaired) electrons. The number of hydrogen-bond acceptors (Lipinski definition) is 7. The number of amides is 1. The summed E-state index contributed by atoms with van der Waals surface area (Å²) in [6.07, 6.45) is 2.19. The number of rotatable bonds is 5. The number of pyridine rings is 2. The Morgan fingerprint density at radius 2 is 2.02 bits per heavy atom. The van der Waals surface area contributed by atoms with Crippen molar-refractivity contribution in [3.05, 3.63) is 61.7 Å². The molecule has 216 valence electrons. The van der Waals surface area contributed by atoms with Gasteiger partial charge in [0.1, 0.15) is 12.4 Å². The fourth-order valence-corrected chi connectivity index (χ4v) is 6.79. The first-order valence-corrected chi connectivity index (χ1v) is 14.5. The number of fused-ring (bicyclic) bond motifs is 5. The van der Waals surface area contributed by atoms with Crippen LogP contribution in [0.1, 0.15) is 85.9 Å². The van der Waals surface area contributed by atoms with Crippen molar-refractivity contribution in [2.75, 3.05) is 7.05 Å². The first-order valence-electron chi connectivity index (χ1n) is 14.1. The first-order chi connectivity index (χ1) is 19.3. The van der Waals surface area contributed by atoms with E-state index >= 15 is 4.39 Å². The van der Waals surface area contributed by atoms with Crippen molar-refractivity contribution in [1.29, 1.82) is 0 Å². The summed E-state index contributed by atoms with van der Waals surface area (Å²) in [5.74, 6) is -1.15. The zero-order valence-corrected chi connectivity index (χ0v) is 24.8. The molecule has 0 bridgehead atoms. The minimum absolute atomic E-state index is 0.00932. The molecule has 1 aromatic carbocycles. The number of carbonyl (C=O) groups is 2. The van der Waals surface area contributed by atoms with Crippen molar-refractivity contribution < 1.29 is 23.8 Å². The summed E-state index contributed by atoms with van der Waals surface area (Å²) < 4.78 is 21.6. The molecule has 0 saturated carbocycles. The van der Waals surface area contributed by atoms with Crippen LogP contribution in [0.4, 0.5) is 4.39 Å². The van der Waals surface area contributed by atoms with E-state index in [0.717, 1.165) is 22.1 Å². The molecule has 1 aliphatic carbocycles. The second kappa shape index (κ2) is 9.39. The zero-order valence-electron chi connectivity index (χ0n) is 23.9. The monoisotopic (exact) mass is 579 g/mol. The summed E-state index contributed by atoms with van der Waals surface area (Å²) in [4.78, 5) is 46.4. The maximum Gasteiger partial charge on any atom is 0.343 e. The van der Waals surface area contributed by atoms with Crippen LogP contribution in [0.25, 0.3) is 22.3 Å². The molecule has 0 fully saturated rings. The average molecular weight is 580 g/mol. The molecule has 3 aromatic rings. The van der Waals surface area contributed by atoms with Gasteiger partial charge in [-0.15, -0.1) is 0 Å². The maximum atomic E-state index is 15.1. The highest BCUT2D eigenvalue weighted by molar-refractivity contribution is 7.81. The molecule has 8 nitrogen and oxygen atoms in total. The van der Waals surface area contributed by atoms with Gasteiger partial charge in [-0.1, -0.05) is 20.8 Å². The van der Waals surface area contributed by atoms with E-state index in [9.17, 15) is 19.5 Å². The van der Waals surface area contributed by atoms with Crippen molar-refractivity contribution in [3.63, 3.8) is 0 Å². The molecule has 2 atom stereocenters. The van der Waals surface area contributed by atoms with E-state index in [1.165, 1.54) is 6.07 Å². The predicted octanol–water partition coefficient (Wildman–Crippen LogP) is 4.46. The molecule has 41 heavy (non-hydrogen) atoms. The largest absolute Gasteiger partial charge is 0.458 e. The van der Waals surface area contributed by atoms with E-state index in [2.05, 4.69) is 12.6 Å². The lowest BCUT2D eigenvalue weighted by atomic mass is 9.81. The summed E-state index contributed by atoms with van der Waals surface area (Å²) in [6.45, 7) is 7.37. The Bertz CT molecular complexity index is 1730. The van der Waals surface area contributed by atoms with Gasteiger partial charge < -0.3 is 19.3 Å². The highest BCUT2D eigenvalue weighted by Gasteiger charge is 2.46. The van der Waals surface area contributed by atoms with Crippen LogP contribution < -0.4 is 5.56 Å². The Morgan fingerprint density at radius 3 is 2.71 bits per heavy atom. The van der Waals surface area contributed by atoms with Crippen molar-refractivity contribution in [2.45, 2.75) is 89.3 Å². The van der Waals surface area contributed by atoms with E-state index in [-0.39, 0.29) is 58.8 Å². The topological polar surface area (TPSA) is 102 Å². The van der Waals surface area contributed by atoms with Crippen LogP contribution in [0.5, 0.6) is 0 Å². The molecule has 0 unspecified atom stereocenters. The third kappa shape index (κ3) is 4.13. The molecule has 2 aliphatic heterocycles. The molecule has 2 aromatic heterocycles. The van der Waals surface area contributed by atoms with Gasteiger partial charge in [0.25, 0.3) is 5.56 Å². The van der Waals surface area contributed by atoms with E-state index in [1.54, 1.807) is 36.4 Å². The summed E-state index contributed by atoms with van der Waals surface area (Å²) in [5.41, 5.74) is 2.72. The molecule has 10 heteroatoms. The second-order valence-electron chi connectivity index (χ2n) is 12.2. The Hall–Kier alpha value is -3.24. The number of hydrogen-bond donors (Lipinski definition) is 2. The van der Waals surface area contributed by atoms with E-state index in [4.69, 9.17) is 9.72 Å². The van der Waals surface area contributed by atoms with Gasteiger partial charge in [0.05, 0.1) is 35.1 Å². The first kappa shape index (κ1) is 27.9. The normalized spacial score (nSPS) is 20.9. The number of aryl methyl sites for hydroxylation is 1. The number of esters is 1. The van der Waals surface area contributed by atoms with Crippen LogP contribution >= 0.6 is 12.6 Å². The summed E-state index contributed by atoms with van der Waals surface area (Å²) in [7, 11) is 1.80. The Kier molecular flexibility index (Phi) is 6.39. The van der Waals surface area contributed by atoms with Gasteiger partial charge in [0, 0.05) is 40.8 Å². The maximum absolute atomic E-state index is 15.1. The molecular weight excluding hydrogens is 545 g/mol. The van der Waals surface area contributed by atoms with Gasteiger partial charge in [-0.25, -0.2) is 14.2 Å². The number of aromatic nitrogens is 2. The lowest BCUT2D eigenvalue weighted by Gasteiger charge is -2.35. The number of nitrogens with zero attached hydrogens (tertiary/aromatic N) is 3.